The lowest BCUT2D eigenvalue weighted by molar-refractivity contribution is 0.166. The fourth-order valence-corrected chi connectivity index (χ4v) is 3.23. The molecule has 1 N–H and O–H groups in total. The Morgan fingerprint density at radius 3 is 2.67 bits per heavy atom. The molecule has 0 aliphatic carbocycles. The number of unbranched alkanes of at least 4 members (excludes halogenated alkanes) is 1. The molecule has 1 aromatic carbocycles. The van der Waals surface area contributed by atoms with Crippen LogP contribution in [0.5, 0.6) is 0 Å². The van der Waals surface area contributed by atoms with E-state index in [1.54, 1.807) is 30.1 Å². The van der Waals surface area contributed by atoms with Gasteiger partial charge in [-0.15, -0.1) is 0 Å². The van der Waals surface area contributed by atoms with Crippen LogP contribution in [0, 0.1) is 5.92 Å². The van der Waals surface area contributed by atoms with Crippen molar-refractivity contribution in [3.05, 3.63) is 39.4 Å². The van der Waals surface area contributed by atoms with E-state index in [-0.39, 0.29) is 17.6 Å². The van der Waals surface area contributed by atoms with E-state index in [0.717, 1.165) is 12.8 Å². The summed E-state index contributed by atoms with van der Waals surface area (Å²) in [4.78, 5) is 32.0. The Balaban J connectivity index is 2.43. The number of amides is 2. The van der Waals surface area contributed by atoms with Gasteiger partial charge in [-0.05, 0) is 37.5 Å². The molecule has 0 spiro atoms. The number of rotatable bonds is 7. The zero-order valence-corrected chi connectivity index (χ0v) is 17.5. The summed E-state index contributed by atoms with van der Waals surface area (Å²) in [6.45, 7) is 9.33. The molecule has 1 unspecified atom stereocenters. The molecule has 1 aromatic heterocycles. The molecule has 0 aliphatic rings. The second kappa shape index (κ2) is 9.22. The van der Waals surface area contributed by atoms with Gasteiger partial charge in [0, 0.05) is 25.2 Å². The van der Waals surface area contributed by atoms with Gasteiger partial charge >= 0.3 is 6.03 Å². The van der Waals surface area contributed by atoms with Gasteiger partial charge in [-0.1, -0.05) is 38.8 Å². The first kappa shape index (κ1) is 21.2. The van der Waals surface area contributed by atoms with Crippen LogP contribution in [0.4, 0.5) is 4.79 Å². The molecule has 2 amide bonds. The molecule has 0 fully saturated rings. The summed E-state index contributed by atoms with van der Waals surface area (Å²) in [5, 5.41) is 3.95. The van der Waals surface area contributed by atoms with Crippen LogP contribution in [0.2, 0.25) is 5.02 Å². The Kier molecular flexibility index (Phi) is 7.25. The highest BCUT2D eigenvalue weighted by atomic mass is 35.5. The van der Waals surface area contributed by atoms with E-state index in [2.05, 4.69) is 31.1 Å². The highest BCUT2D eigenvalue weighted by molar-refractivity contribution is 6.31. The van der Waals surface area contributed by atoms with E-state index in [9.17, 15) is 9.59 Å². The topological polar surface area (TPSA) is 67.2 Å². The molecule has 2 rings (SSSR count). The number of hydrogen-bond donors (Lipinski definition) is 1. The summed E-state index contributed by atoms with van der Waals surface area (Å²) in [7, 11) is 1.68. The summed E-state index contributed by atoms with van der Waals surface area (Å²) < 4.78 is 1.51. The summed E-state index contributed by atoms with van der Waals surface area (Å²) in [6, 6.07) is 4.61. The zero-order chi connectivity index (χ0) is 20.1. The number of fused-ring (bicyclic) bond motifs is 1. The first-order chi connectivity index (χ1) is 12.8. The molecule has 0 bridgehead atoms. The van der Waals surface area contributed by atoms with Crippen LogP contribution in [0.3, 0.4) is 0 Å². The maximum absolute atomic E-state index is 12.8. The highest BCUT2D eigenvalue weighted by Gasteiger charge is 2.26. The summed E-state index contributed by atoms with van der Waals surface area (Å²) in [6.07, 6.45) is 1.95. The smallest absolute Gasteiger partial charge is 0.318 e. The first-order valence-corrected chi connectivity index (χ1v) is 9.84. The minimum absolute atomic E-state index is 0.130. The summed E-state index contributed by atoms with van der Waals surface area (Å²) in [5.41, 5.74) is 0.417. The molecule has 0 saturated carbocycles. The lowest BCUT2D eigenvalue weighted by atomic mass is 10.1. The van der Waals surface area contributed by atoms with E-state index in [4.69, 9.17) is 11.6 Å². The molecular formula is C20H29ClN4O2. The lowest BCUT2D eigenvalue weighted by Crippen LogP contribution is -2.45. The van der Waals surface area contributed by atoms with E-state index >= 15 is 0 Å². The Hall–Kier alpha value is -2.08. The maximum Gasteiger partial charge on any atom is 0.318 e. The number of carbonyl (C=O) groups excluding carboxylic acids is 1. The number of carbonyl (C=O) groups is 1. The van der Waals surface area contributed by atoms with Crippen LogP contribution >= 0.6 is 11.6 Å². The Morgan fingerprint density at radius 2 is 2.04 bits per heavy atom. The Labute approximate surface area is 165 Å². The van der Waals surface area contributed by atoms with Gasteiger partial charge in [0.2, 0.25) is 0 Å². The number of benzene rings is 1. The van der Waals surface area contributed by atoms with Crippen molar-refractivity contribution in [1.29, 1.82) is 0 Å². The SMILES string of the molecule is CCCCNC(=O)N(CC(C)C)C(C)c1nc2ccc(Cl)cc2c(=O)n1C. The number of nitrogens with zero attached hydrogens (tertiary/aromatic N) is 3. The molecule has 1 heterocycles. The van der Waals surface area contributed by atoms with Crippen molar-refractivity contribution in [2.75, 3.05) is 13.1 Å². The van der Waals surface area contributed by atoms with Crippen LogP contribution in [-0.4, -0.2) is 33.6 Å². The molecule has 6 nitrogen and oxygen atoms in total. The quantitative estimate of drug-likeness (QED) is 0.721. The zero-order valence-electron chi connectivity index (χ0n) is 16.8. The van der Waals surface area contributed by atoms with Crippen LogP contribution in [0.15, 0.2) is 23.0 Å². The lowest BCUT2D eigenvalue weighted by Gasteiger charge is -2.31. The van der Waals surface area contributed by atoms with Gasteiger partial charge in [0.05, 0.1) is 16.9 Å². The van der Waals surface area contributed by atoms with Crippen molar-refractivity contribution in [2.24, 2.45) is 13.0 Å². The van der Waals surface area contributed by atoms with Crippen LogP contribution < -0.4 is 10.9 Å². The monoisotopic (exact) mass is 392 g/mol. The number of hydrogen-bond acceptors (Lipinski definition) is 3. The Bertz CT molecular complexity index is 863. The number of urea groups is 1. The second-order valence-corrected chi connectivity index (χ2v) is 7.74. The van der Waals surface area contributed by atoms with Gasteiger partial charge < -0.3 is 10.2 Å². The van der Waals surface area contributed by atoms with Crippen LogP contribution in [0.1, 0.15) is 52.4 Å². The number of aromatic nitrogens is 2. The second-order valence-electron chi connectivity index (χ2n) is 7.30. The molecular weight excluding hydrogens is 364 g/mol. The molecule has 27 heavy (non-hydrogen) atoms. The van der Waals surface area contributed by atoms with Crippen molar-refractivity contribution in [2.45, 2.75) is 46.6 Å². The van der Waals surface area contributed by atoms with E-state index in [1.165, 1.54) is 4.57 Å². The average molecular weight is 393 g/mol. The third-order valence-corrected chi connectivity index (χ3v) is 4.78. The highest BCUT2D eigenvalue weighted by Crippen LogP contribution is 2.22. The van der Waals surface area contributed by atoms with E-state index < -0.39 is 0 Å². The Morgan fingerprint density at radius 1 is 1.33 bits per heavy atom. The van der Waals surface area contributed by atoms with Crippen molar-refractivity contribution in [3.63, 3.8) is 0 Å². The summed E-state index contributed by atoms with van der Waals surface area (Å²) >= 11 is 6.02. The van der Waals surface area contributed by atoms with Gasteiger partial charge in [0.25, 0.3) is 5.56 Å². The number of halogens is 1. The van der Waals surface area contributed by atoms with Crippen molar-refractivity contribution in [3.8, 4) is 0 Å². The third-order valence-electron chi connectivity index (χ3n) is 4.54. The average Bonchev–Trinajstić information content (AvgIpc) is 2.62. The fraction of sp³-hybridized carbons (Fsp3) is 0.550. The fourth-order valence-electron chi connectivity index (χ4n) is 3.06. The van der Waals surface area contributed by atoms with Gasteiger partial charge in [-0.2, -0.15) is 0 Å². The minimum Gasteiger partial charge on any atom is -0.338 e. The first-order valence-electron chi connectivity index (χ1n) is 9.46. The molecule has 148 valence electrons. The molecule has 2 aromatic rings. The predicted octanol–water partition coefficient (Wildman–Crippen LogP) is 4.12. The predicted molar refractivity (Wildman–Crippen MR) is 110 cm³/mol. The third kappa shape index (κ3) is 5.01. The van der Waals surface area contributed by atoms with Crippen LogP contribution in [-0.2, 0) is 7.05 Å². The van der Waals surface area contributed by atoms with Gasteiger partial charge in [-0.25, -0.2) is 9.78 Å². The molecule has 0 radical (unpaired) electrons. The molecule has 0 aliphatic heterocycles. The van der Waals surface area contributed by atoms with Gasteiger partial charge in [0.15, 0.2) is 0 Å². The van der Waals surface area contributed by atoms with E-state index in [1.807, 2.05) is 6.92 Å². The molecule has 1 atom stereocenters. The van der Waals surface area contributed by atoms with Crippen molar-refractivity contribution in [1.82, 2.24) is 19.8 Å². The van der Waals surface area contributed by atoms with Gasteiger partial charge in [0.1, 0.15) is 5.82 Å². The standard InChI is InChI=1S/C20H29ClN4O2/c1-6-7-10-22-20(27)25(12-13(2)3)14(4)18-23-17-9-8-15(21)11-16(17)19(26)24(18)5/h8-9,11,13-14H,6-7,10,12H2,1-5H3,(H,22,27). The number of nitrogens with one attached hydrogen (secondary N) is 1. The molecule has 0 saturated heterocycles. The van der Waals surface area contributed by atoms with Crippen molar-refractivity contribution < 1.29 is 4.79 Å². The summed E-state index contributed by atoms with van der Waals surface area (Å²) in [5.74, 6) is 0.849. The normalized spacial score (nSPS) is 12.4. The minimum atomic E-state index is -0.341. The van der Waals surface area contributed by atoms with Crippen LogP contribution in [0.25, 0.3) is 10.9 Å². The van der Waals surface area contributed by atoms with Gasteiger partial charge in [-0.3, -0.25) is 9.36 Å². The van der Waals surface area contributed by atoms with E-state index in [0.29, 0.717) is 40.8 Å². The maximum atomic E-state index is 12.8. The largest absolute Gasteiger partial charge is 0.338 e. The molecule has 7 heteroatoms. The van der Waals surface area contributed by atoms with Crippen molar-refractivity contribution >= 4 is 28.5 Å².